The highest BCUT2D eigenvalue weighted by molar-refractivity contribution is 5.67. The Hall–Kier alpha value is -1.35. The minimum Gasteiger partial charge on any atom is -0.481 e. The maximum atomic E-state index is 10.8. The van der Waals surface area contributed by atoms with E-state index < -0.39 is 5.97 Å². The van der Waals surface area contributed by atoms with Crippen molar-refractivity contribution in [3.8, 4) is 0 Å². The lowest BCUT2D eigenvalue weighted by molar-refractivity contribution is -0.138. The molecule has 0 radical (unpaired) electrons. The quantitative estimate of drug-likeness (QED) is 0.807. The standard InChI is InChI=1S/C15H23NO2/c1-4-13-8-6-7-9-14(13)11-16(5-2)12(3)10-15(17)18/h6-9,12H,4-5,10-11H2,1-3H3,(H,17,18). The molecule has 3 heteroatoms. The van der Waals surface area contributed by atoms with Crippen molar-refractivity contribution < 1.29 is 9.90 Å². The van der Waals surface area contributed by atoms with Crippen LogP contribution < -0.4 is 0 Å². The maximum Gasteiger partial charge on any atom is 0.304 e. The van der Waals surface area contributed by atoms with Crippen LogP contribution in [0, 0.1) is 0 Å². The fourth-order valence-corrected chi connectivity index (χ4v) is 2.24. The van der Waals surface area contributed by atoms with Gasteiger partial charge in [0.15, 0.2) is 0 Å². The van der Waals surface area contributed by atoms with Gasteiger partial charge in [0.25, 0.3) is 0 Å². The third-order valence-corrected chi connectivity index (χ3v) is 3.37. The van der Waals surface area contributed by atoms with Gasteiger partial charge in [0.05, 0.1) is 6.42 Å². The van der Waals surface area contributed by atoms with Gasteiger partial charge in [0.2, 0.25) is 0 Å². The Kier molecular flexibility index (Phi) is 5.86. The van der Waals surface area contributed by atoms with Gasteiger partial charge in [0.1, 0.15) is 0 Å². The van der Waals surface area contributed by atoms with Crippen molar-refractivity contribution in [2.75, 3.05) is 6.54 Å². The first-order valence-electron chi connectivity index (χ1n) is 6.61. The summed E-state index contributed by atoms with van der Waals surface area (Å²) in [5.74, 6) is -0.732. The molecule has 1 aromatic carbocycles. The molecule has 3 nitrogen and oxygen atoms in total. The Morgan fingerprint density at radius 3 is 2.39 bits per heavy atom. The molecule has 0 aliphatic carbocycles. The van der Waals surface area contributed by atoms with E-state index in [2.05, 4.69) is 36.9 Å². The SMILES string of the molecule is CCc1ccccc1CN(CC)C(C)CC(=O)O. The van der Waals surface area contributed by atoms with E-state index in [0.717, 1.165) is 19.5 Å². The zero-order valence-electron chi connectivity index (χ0n) is 11.5. The van der Waals surface area contributed by atoms with E-state index >= 15 is 0 Å². The Balaban J connectivity index is 2.75. The van der Waals surface area contributed by atoms with E-state index in [-0.39, 0.29) is 12.5 Å². The molecule has 18 heavy (non-hydrogen) atoms. The van der Waals surface area contributed by atoms with E-state index in [4.69, 9.17) is 5.11 Å². The Morgan fingerprint density at radius 1 is 1.28 bits per heavy atom. The van der Waals surface area contributed by atoms with Gasteiger partial charge < -0.3 is 5.11 Å². The Labute approximate surface area is 109 Å². The summed E-state index contributed by atoms with van der Waals surface area (Å²) in [4.78, 5) is 13.0. The molecule has 0 saturated heterocycles. The van der Waals surface area contributed by atoms with Gasteiger partial charge >= 0.3 is 5.97 Å². The number of aliphatic carboxylic acids is 1. The minimum absolute atomic E-state index is 0.0670. The van der Waals surface area contributed by atoms with Crippen LogP contribution in [0.15, 0.2) is 24.3 Å². The van der Waals surface area contributed by atoms with Crippen LogP contribution >= 0.6 is 0 Å². The molecule has 0 aromatic heterocycles. The highest BCUT2D eigenvalue weighted by atomic mass is 16.4. The van der Waals surface area contributed by atoms with Crippen LogP contribution in [0.25, 0.3) is 0 Å². The number of carbonyl (C=O) groups is 1. The van der Waals surface area contributed by atoms with Gasteiger partial charge in [-0.05, 0) is 31.0 Å². The van der Waals surface area contributed by atoms with Crippen molar-refractivity contribution in [2.45, 2.75) is 46.2 Å². The topological polar surface area (TPSA) is 40.5 Å². The molecule has 1 N–H and O–H groups in total. The molecular formula is C15H23NO2. The second-order valence-corrected chi connectivity index (χ2v) is 4.63. The summed E-state index contributed by atoms with van der Waals surface area (Å²) in [7, 11) is 0. The number of aryl methyl sites for hydroxylation is 1. The number of benzene rings is 1. The smallest absolute Gasteiger partial charge is 0.304 e. The van der Waals surface area contributed by atoms with Crippen LogP contribution in [0.5, 0.6) is 0 Å². The molecule has 1 unspecified atom stereocenters. The maximum absolute atomic E-state index is 10.8. The third-order valence-electron chi connectivity index (χ3n) is 3.37. The number of nitrogens with zero attached hydrogens (tertiary/aromatic N) is 1. The van der Waals surface area contributed by atoms with Crippen LogP contribution in [0.1, 0.15) is 38.3 Å². The van der Waals surface area contributed by atoms with Gasteiger partial charge in [-0.2, -0.15) is 0 Å². The predicted molar refractivity (Wildman–Crippen MR) is 73.6 cm³/mol. The second kappa shape index (κ2) is 7.17. The monoisotopic (exact) mass is 249 g/mol. The Morgan fingerprint density at radius 2 is 1.89 bits per heavy atom. The summed E-state index contributed by atoms with van der Waals surface area (Å²) in [6.07, 6.45) is 1.21. The number of carboxylic acids is 1. The molecule has 1 rings (SSSR count). The largest absolute Gasteiger partial charge is 0.481 e. The summed E-state index contributed by atoms with van der Waals surface area (Å²) in [5, 5.41) is 8.87. The van der Waals surface area contributed by atoms with Crippen molar-refractivity contribution in [2.24, 2.45) is 0 Å². The molecule has 0 bridgehead atoms. The first kappa shape index (κ1) is 14.7. The summed E-state index contributed by atoms with van der Waals surface area (Å²) in [5.41, 5.74) is 2.65. The normalized spacial score (nSPS) is 12.7. The molecule has 0 amide bonds. The molecule has 0 heterocycles. The molecule has 1 aromatic rings. The summed E-state index contributed by atoms with van der Waals surface area (Å²) < 4.78 is 0. The van der Waals surface area contributed by atoms with E-state index in [0.29, 0.717) is 0 Å². The highest BCUT2D eigenvalue weighted by Crippen LogP contribution is 2.15. The third kappa shape index (κ3) is 4.15. The zero-order chi connectivity index (χ0) is 13.5. The van der Waals surface area contributed by atoms with Crippen LogP contribution in [-0.4, -0.2) is 28.6 Å². The molecule has 0 aliphatic rings. The van der Waals surface area contributed by atoms with E-state index in [1.165, 1.54) is 11.1 Å². The van der Waals surface area contributed by atoms with Crippen molar-refractivity contribution >= 4 is 5.97 Å². The number of carboxylic acid groups (broad SMARTS) is 1. The lowest BCUT2D eigenvalue weighted by Gasteiger charge is -2.27. The van der Waals surface area contributed by atoms with Gasteiger partial charge in [-0.25, -0.2) is 0 Å². The molecule has 0 spiro atoms. The van der Waals surface area contributed by atoms with E-state index in [9.17, 15) is 4.79 Å². The van der Waals surface area contributed by atoms with Gasteiger partial charge in [0, 0.05) is 12.6 Å². The average Bonchev–Trinajstić information content (AvgIpc) is 2.35. The van der Waals surface area contributed by atoms with E-state index in [1.807, 2.05) is 13.0 Å². The van der Waals surface area contributed by atoms with Crippen molar-refractivity contribution in [1.82, 2.24) is 4.90 Å². The summed E-state index contributed by atoms with van der Waals surface area (Å²) in [6.45, 7) is 7.90. The molecular weight excluding hydrogens is 226 g/mol. The van der Waals surface area contributed by atoms with Crippen LogP contribution in [0.4, 0.5) is 0 Å². The van der Waals surface area contributed by atoms with Gasteiger partial charge in [-0.15, -0.1) is 0 Å². The predicted octanol–water partition coefficient (Wildman–Crippen LogP) is 2.93. The minimum atomic E-state index is -0.732. The zero-order valence-corrected chi connectivity index (χ0v) is 11.5. The highest BCUT2D eigenvalue weighted by Gasteiger charge is 2.16. The Bertz CT molecular complexity index is 390. The molecule has 0 saturated carbocycles. The van der Waals surface area contributed by atoms with Gasteiger partial charge in [-0.1, -0.05) is 38.1 Å². The molecule has 0 aliphatic heterocycles. The number of rotatable bonds is 7. The average molecular weight is 249 g/mol. The second-order valence-electron chi connectivity index (χ2n) is 4.63. The van der Waals surface area contributed by atoms with Crippen molar-refractivity contribution in [3.63, 3.8) is 0 Å². The molecule has 100 valence electrons. The lowest BCUT2D eigenvalue weighted by Crippen LogP contribution is -2.34. The van der Waals surface area contributed by atoms with Crippen LogP contribution in [-0.2, 0) is 17.8 Å². The van der Waals surface area contributed by atoms with Crippen LogP contribution in [0.3, 0.4) is 0 Å². The van der Waals surface area contributed by atoms with Crippen LogP contribution in [0.2, 0.25) is 0 Å². The fraction of sp³-hybridized carbons (Fsp3) is 0.533. The molecule has 0 fully saturated rings. The van der Waals surface area contributed by atoms with E-state index in [1.54, 1.807) is 0 Å². The number of hydrogen-bond acceptors (Lipinski definition) is 2. The first-order valence-corrected chi connectivity index (χ1v) is 6.61. The summed E-state index contributed by atoms with van der Waals surface area (Å²) in [6, 6.07) is 8.45. The van der Waals surface area contributed by atoms with Gasteiger partial charge in [-0.3, -0.25) is 9.69 Å². The summed E-state index contributed by atoms with van der Waals surface area (Å²) >= 11 is 0. The first-order chi connectivity index (χ1) is 8.58. The number of hydrogen-bond donors (Lipinski definition) is 1. The molecule has 1 atom stereocenters. The van der Waals surface area contributed by atoms with Crippen molar-refractivity contribution in [1.29, 1.82) is 0 Å². The van der Waals surface area contributed by atoms with Crippen molar-refractivity contribution in [3.05, 3.63) is 35.4 Å². The lowest BCUT2D eigenvalue weighted by atomic mass is 10.0. The fourth-order valence-electron chi connectivity index (χ4n) is 2.24.